The van der Waals surface area contributed by atoms with E-state index >= 15 is 0 Å². The Kier molecular flexibility index (Phi) is 4.63. The van der Waals surface area contributed by atoms with E-state index in [1.165, 1.54) is 10.6 Å². The quantitative estimate of drug-likeness (QED) is 0.942. The van der Waals surface area contributed by atoms with Gasteiger partial charge in [-0.2, -0.15) is 0 Å². The number of carbonyl (C=O) groups excluding carboxylic acids is 1. The molecule has 22 heavy (non-hydrogen) atoms. The number of anilines is 1. The first-order chi connectivity index (χ1) is 10.8. The first-order valence-electron chi connectivity index (χ1n) is 7.47. The molecule has 0 bridgehead atoms. The van der Waals surface area contributed by atoms with Crippen molar-refractivity contribution in [1.29, 1.82) is 0 Å². The molecule has 2 aromatic rings. The summed E-state index contributed by atoms with van der Waals surface area (Å²) in [6.07, 6.45) is 3.49. The van der Waals surface area contributed by atoms with Crippen LogP contribution in [0.1, 0.15) is 22.8 Å². The van der Waals surface area contributed by atoms with Gasteiger partial charge in [0.1, 0.15) is 0 Å². The molecule has 0 saturated heterocycles. The summed E-state index contributed by atoms with van der Waals surface area (Å²) < 4.78 is 0. The molecular formula is C17H19N3OS. The number of amides is 1. The van der Waals surface area contributed by atoms with Crippen LogP contribution in [0.5, 0.6) is 0 Å². The van der Waals surface area contributed by atoms with Gasteiger partial charge in [0.15, 0.2) is 0 Å². The van der Waals surface area contributed by atoms with Crippen molar-refractivity contribution < 1.29 is 4.79 Å². The van der Waals surface area contributed by atoms with E-state index in [1.807, 2.05) is 36.0 Å². The highest BCUT2D eigenvalue weighted by atomic mass is 32.2. The third-order valence-corrected chi connectivity index (χ3v) is 4.78. The maximum Gasteiger partial charge on any atom is 0.251 e. The van der Waals surface area contributed by atoms with E-state index in [0.717, 1.165) is 24.4 Å². The number of nitrogens with one attached hydrogen (secondary N) is 1. The number of pyridine rings is 1. The summed E-state index contributed by atoms with van der Waals surface area (Å²) in [5.74, 6) is 1.06. The number of benzene rings is 1. The van der Waals surface area contributed by atoms with E-state index in [1.54, 1.807) is 12.4 Å². The van der Waals surface area contributed by atoms with Crippen molar-refractivity contribution in [1.82, 2.24) is 10.3 Å². The van der Waals surface area contributed by atoms with Gasteiger partial charge in [0.25, 0.3) is 5.91 Å². The predicted octanol–water partition coefficient (Wildman–Crippen LogP) is 2.94. The lowest BCUT2D eigenvalue weighted by atomic mass is 10.1. The molecule has 1 aliphatic rings. The van der Waals surface area contributed by atoms with Crippen molar-refractivity contribution in [3.05, 3.63) is 53.9 Å². The molecule has 2 heterocycles. The van der Waals surface area contributed by atoms with Crippen LogP contribution in [0.15, 0.2) is 47.6 Å². The van der Waals surface area contributed by atoms with Crippen LogP contribution < -0.4 is 10.2 Å². The Bertz CT molecular complexity index is 660. The Balaban J connectivity index is 1.73. The maximum absolute atomic E-state index is 12.3. The second-order valence-electron chi connectivity index (χ2n) is 5.15. The molecule has 0 radical (unpaired) electrons. The average Bonchev–Trinajstić information content (AvgIpc) is 2.59. The zero-order valence-corrected chi connectivity index (χ0v) is 13.4. The number of thioether (sulfide) groups is 1. The van der Waals surface area contributed by atoms with E-state index in [9.17, 15) is 4.79 Å². The van der Waals surface area contributed by atoms with Crippen molar-refractivity contribution in [2.45, 2.75) is 18.4 Å². The van der Waals surface area contributed by atoms with Crippen LogP contribution in [0.2, 0.25) is 0 Å². The lowest BCUT2D eigenvalue weighted by Gasteiger charge is -2.30. The van der Waals surface area contributed by atoms with Crippen LogP contribution in [0.3, 0.4) is 0 Å². The topological polar surface area (TPSA) is 45.2 Å². The van der Waals surface area contributed by atoms with Crippen LogP contribution in [0.25, 0.3) is 0 Å². The van der Waals surface area contributed by atoms with Gasteiger partial charge in [-0.25, -0.2) is 0 Å². The van der Waals surface area contributed by atoms with Gasteiger partial charge in [0, 0.05) is 48.2 Å². The number of carbonyl (C=O) groups is 1. The van der Waals surface area contributed by atoms with Crippen LogP contribution in [-0.4, -0.2) is 29.7 Å². The number of hydrogen-bond acceptors (Lipinski definition) is 4. The summed E-state index contributed by atoms with van der Waals surface area (Å²) in [5, 5.41) is 2.95. The first-order valence-corrected chi connectivity index (χ1v) is 8.45. The van der Waals surface area contributed by atoms with Gasteiger partial charge in [0.2, 0.25) is 0 Å². The van der Waals surface area contributed by atoms with Gasteiger partial charge >= 0.3 is 0 Å². The Hall–Kier alpha value is -2.01. The van der Waals surface area contributed by atoms with Crippen molar-refractivity contribution in [3.8, 4) is 0 Å². The van der Waals surface area contributed by atoms with Crippen molar-refractivity contribution in [2.24, 2.45) is 0 Å². The molecule has 3 rings (SSSR count). The molecule has 114 valence electrons. The Labute approximate surface area is 134 Å². The molecule has 0 saturated carbocycles. The smallest absolute Gasteiger partial charge is 0.251 e. The Morgan fingerprint density at radius 2 is 2.32 bits per heavy atom. The number of aromatic nitrogens is 1. The summed E-state index contributed by atoms with van der Waals surface area (Å²) in [6.45, 7) is 4.65. The molecule has 0 atom stereocenters. The molecule has 5 heteroatoms. The van der Waals surface area contributed by atoms with E-state index in [4.69, 9.17) is 0 Å². The molecular weight excluding hydrogens is 294 g/mol. The third-order valence-electron chi connectivity index (χ3n) is 3.74. The van der Waals surface area contributed by atoms with E-state index in [-0.39, 0.29) is 5.91 Å². The predicted molar refractivity (Wildman–Crippen MR) is 90.5 cm³/mol. The number of fused-ring (bicyclic) bond motifs is 1. The summed E-state index contributed by atoms with van der Waals surface area (Å²) in [6, 6.07) is 9.79. The molecule has 1 amide bonds. The monoisotopic (exact) mass is 313 g/mol. The minimum absolute atomic E-state index is 0.0433. The Morgan fingerprint density at radius 1 is 1.41 bits per heavy atom. The fourth-order valence-corrected chi connectivity index (χ4v) is 3.56. The van der Waals surface area contributed by atoms with Crippen LogP contribution in [-0.2, 0) is 6.54 Å². The van der Waals surface area contributed by atoms with Gasteiger partial charge in [-0.1, -0.05) is 6.07 Å². The minimum Gasteiger partial charge on any atom is -0.370 e. The lowest BCUT2D eigenvalue weighted by molar-refractivity contribution is 0.0951. The first kappa shape index (κ1) is 14.9. The van der Waals surface area contributed by atoms with Crippen molar-refractivity contribution in [2.75, 3.05) is 23.7 Å². The van der Waals surface area contributed by atoms with Gasteiger partial charge < -0.3 is 10.2 Å². The van der Waals surface area contributed by atoms with Gasteiger partial charge in [0.05, 0.1) is 5.69 Å². The molecule has 4 nitrogen and oxygen atoms in total. The van der Waals surface area contributed by atoms with Gasteiger partial charge in [-0.15, -0.1) is 11.8 Å². The fraction of sp³-hybridized carbons (Fsp3) is 0.294. The van der Waals surface area contributed by atoms with Crippen molar-refractivity contribution >= 4 is 23.4 Å². The number of nitrogens with zero attached hydrogens (tertiary/aromatic N) is 2. The summed E-state index contributed by atoms with van der Waals surface area (Å²) in [7, 11) is 0. The molecule has 0 spiro atoms. The molecule has 1 aromatic carbocycles. The molecule has 1 aromatic heterocycles. The standard InChI is InChI=1S/C17H19N3OS/c1-2-20-8-9-22-16-6-5-14(10-15(16)20)17(21)19-12-13-4-3-7-18-11-13/h3-7,10-11H,2,8-9,12H2,1H3,(H,19,21). The van der Waals surface area contributed by atoms with Crippen LogP contribution >= 0.6 is 11.8 Å². The van der Waals surface area contributed by atoms with E-state index in [2.05, 4.69) is 28.2 Å². The van der Waals surface area contributed by atoms with Crippen LogP contribution in [0.4, 0.5) is 5.69 Å². The highest BCUT2D eigenvalue weighted by Crippen LogP contribution is 2.35. The normalized spacial score (nSPS) is 13.6. The second kappa shape index (κ2) is 6.83. The lowest BCUT2D eigenvalue weighted by Crippen LogP contribution is -2.29. The number of rotatable bonds is 4. The third kappa shape index (κ3) is 3.25. The molecule has 1 N–H and O–H groups in total. The average molecular weight is 313 g/mol. The zero-order valence-electron chi connectivity index (χ0n) is 12.6. The largest absolute Gasteiger partial charge is 0.370 e. The SMILES string of the molecule is CCN1CCSc2ccc(C(=O)NCc3cccnc3)cc21. The number of hydrogen-bond donors (Lipinski definition) is 1. The van der Waals surface area contributed by atoms with Crippen LogP contribution in [0, 0.1) is 0 Å². The maximum atomic E-state index is 12.3. The van der Waals surface area contributed by atoms with Gasteiger partial charge in [-0.05, 0) is 36.8 Å². The summed E-state index contributed by atoms with van der Waals surface area (Å²) in [5.41, 5.74) is 2.89. The minimum atomic E-state index is -0.0433. The summed E-state index contributed by atoms with van der Waals surface area (Å²) >= 11 is 1.86. The zero-order chi connectivity index (χ0) is 15.4. The van der Waals surface area contributed by atoms with E-state index in [0.29, 0.717) is 12.1 Å². The molecule has 0 unspecified atom stereocenters. The van der Waals surface area contributed by atoms with Crippen molar-refractivity contribution in [3.63, 3.8) is 0 Å². The summed E-state index contributed by atoms with van der Waals surface area (Å²) in [4.78, 5) is 20.0. The van der Waals surface area contributed by atoms with Gasteiger partial charge in [-0.3, -0.25) is 9.78 Å². The molecule has 0 aliphatic carbocycles. The molecule has 0 fully saturated rings. The van der Waals surface area contributed by atoms with E-state index < -0.39 is 0 Å². The molecule has 1 aliphatic heterocycles. The fourth-order valence-electron chi connectivity index (χ4n) is 2.53. The Morgan fingerprint density at radius 3 is 3.09 bits per heavy atom. The highest BCUT2D eigenvalue weighted by Gasteiger charge is 2.18. The highest BCUT2D eigenvalue weighted by molar-refractivity contribution is 7.99. The second-order valence-corrected chi connectivity index (χ2v) is 6.29.